The van der Waals surface area contributed by atoms with Crippen molar-refractivity contribution in [1.29, 1.82) is 0 Å². The lowest BCUT2D eigenvalue weighted by molar-refractivity contribution is -0.143. The van der Waals surface area contributed by atoms with Crippen LogP contribution in [0, 0.1) is 0 Å². The Morgan fingerprint density at radius 1 is 0.943 bits per heavy atom. The number of amides is 3. The van der Waals surface area contributed by atoms with E-state index in [1.54, 1.807) is 0 Å². The van der Waals surface area contributed by atoms with Crippen LogP contribution in [0.2, 0.25) is 0 Å². The number of nitrogens with one attached hydrogen (secondary N) is 1. The number of rotatable bonds is 6. The fourth-order valence-electron chi connectivity index (χ4n) is 4.62. The molecular weight excluding hydrogens is 454 g/mol. The highest BCUT2D eigenvalue weighted by Crippen LogP contribution is 2.44. The molecule has 0 spiro atoms. The van der Waals surface area contributed by atoms with Gasteiger partial charge in [0.15, 0.2) is 0 Å². The standard InChI is InChI=1S/C25H27N3O7/c1-34-25(33)28-12-10-27(11-13-28)23(31)21(14-22(29)30)26-24(32)35-15-20-18-8-4-2-6-16(18)17-7-3-5-9-19(17)20/h2-9,20-21H,10-15H2,1H3,(H,26,32)(H,29,30). The monoisotopic (exact) mass is 481 g/mol. The quantitative estimate of drug-likeness (QED) is 0.648. The number of carbonyl (C=O) groups excluding carboxylic acids is 3. The van der Waals surface area contributed by atoms with Crippen molar-refractivity contribution in [1.82, 2.24) is 15.1 Å². The molecule has 1 atom stereocenters. The van der Waals surface area contributed by atoms with E-state index >= 15 is 0 Å². The largest absolute Gasteiger partial charge is 0.481 e. The molecule has 0 bridgehead atoms. The minimum absolute atomic E-state index is 0.0473. The first-order valence-electron chi connectivity index (χ1n) is 11.3. The number of hydrogen-bond acceptors (Lipinski definition) is 6. The summed E-state index contributed by atoms with van der Waals surface area (Å²) in [5, 5.41) is 11.7. The summed E-state index contributed by atoms with van der Waals surface area (Å²) < 4.78 is 10.2. The highest BCUT2D eigenvalue weighted by molar-refractivity contribution is 5.89. The Labute approximate surface area is 202 Å². The maximum Gasteiger partial charge on any atom is 0.409 e. The Bertz CT molecular complexity index is 1080. The molecule has 2 N–H and O–H groups in total. The van der Waals surface area contributed by atoms with Crippen LogP contribution in [0.1, 0.15) is 23.5 Å². The van der Waals surface area contributed by atoms with Crippen LogP contribution >= 0.6 is 0 Å². The second-order valence-corrected chi connectivity index (χ2v) is 8.40. The first-order chi connectivity index (χ1) is 16.9. The maximum atomic E-state index is 13.0. The number of alkyl carbamates (subject to hydrolysis) is 1. The van der Waals surface area contributed by atoms with Crippen LogP contribution < -0.4 is 5.32 Å². The van der Waals surface area contributed by atoms with Crippen LogP contribution in [-0.4, -0.2) is 84.9 Å². The summed E-state index contributed by atoms with van der Waals surface area (Å²) in [5.41, 5.74) is 4.26. The van der Waals surface area contributed by atoms with Crippen molar-refractivity contribution in [2.24, 2.45) is 0 Å². The molecule has 2 aromatic carbocycles. The third kappa shape index (κ3) is 5.21. The normalized spacial score (nSPS) is 15.6. The molecule has 10 nitrogen and oxygen atoms in total. The average Bonchev–Trinajstić information content (AvgIpc) is 3.19. The smallest absolute Gasteiger partial charge is 0.409 e. The lowest BCUT2D eigenvalue weighted by Gasteiger charge is -2.35. The van der Waals surface area contributed by atoms with Crippen LogP contribution in [-0.2, 0) is 19.1 Å². The summed E-state index contributed by atoms with van der Waals surface area (Å²) in [7, 11) is 1.28. The Morgan fingerprint density at radius 2 is 1.49 bits per heavy atom. The van der Waals surface area contributed by atoms with Gasteiger partial charge in [0.25, 0.3) is 0 Å². The van der Waals surface area contributed by atoms with Crippen molar-refractivity contribution in [3.63, 3.8) is 0 Å². The van der Waals surface area contributed by atoms with Gasteiger partial charge >= 0.3 is 18.2 Å². The molecule has 1 aliphatic heterocycles. The van der Waals surface area contributed by atoms with E-state index in [-0.39, 0.29) is 38.7 Å². The average molecular weight is 482 g/mol. The molecule has 1 heterocycles. The van der Waals surface area contributed by atoms with Gasteiger partial charge in [-0.1, -0.05) is 48.5 Å². The van der Waals surface area contributed by atoms with Gasteiger partial charge in [0.1, 0.15) is 12.6 Å². The molecule has 0 radical (unpaired) electrons. The van der Waals surface area contributed by atoms with Crippen LogP contribution in [0.3, 0.4) is 0 Å². The summed E-state index contributed by atoms with van der Waals surface area (Å²) in [6.07, 6.45) is -1.93. The van der Waals surface area contributed by atoms with Gasteiger partial charge in [0, 0.05) is 32.1 Å². The van der Waals surface area contributed by atoms with Crippen LogP contribution in [0.5, 0.6) is 0 Å². The van der Waals surface area contributed by atoms with E-state index in [9.17, 15) is 24.3 Å². The summed E-state index contributed by atoms with van der Waals surface area (Å²) in [5.74, 6) is -1.92. The predicted octanol–water partition coefficient (Wildman–Crippen LogP) is 2.28. The van der Waals surface area contributed by atoms with Gasteiger partial charge in [-0.25, -0.2) is 9.59 Å². The Kier molecular flexibility index (Phi) is 7.19. The van der Waals surface area contributed by atoms with Crippen molar-refractivity contribution in [3.8, 4) is 11.1 Å². The Balaban J connectivity index is 1.38. The van der Waals surface area contributed by atoms with E-state index in [0.717, 1.165) is 22.3 Å². The van der Waals surface area contributed by atoms with E-state index in [1.165, 1.54) is 16.9 Å². The molecular formula is C25H27N3O7. The SMILES string of the molecule is COC(=O)N1CCN(C(=O)C(CC(=O)O)NC(=O)OCC2c3ccccc3-c3ccccc32)CC1. The zero-order valence-corrected chi connectivity index (χ0v) is 19.3. The number of aliphatic carboxylic acids is 1. The molecule has 1 fully saturated rings. The summed E-state index contributed by atoms with van der Waals surface area (Å²) in [6.45, 7) is 0.963. The lowest BCUT2D eigenvalue weighted by Crippen LogP contribution is -2.56. The molecule has 0 aromatic heterocycles. The maximum absolute atomic E-state index is 13.0. The zero-order valence-electron chi connectivity index (χ0n) is 19.3. The number of carbonyl (C=O) groups is 4. The topological polar surface area (TPSA) is 125 Å². The number of methoxy groups -OCH3 is 1. The number of nitrogens with zero attached hydrogens (tertiary/aromatic N) is 2. The zero-order chi connectivity index (χ0) is 24.9. The van der Waals surface area contributed by atoms with Crippen molar-refractivity contribution in [3.05, 3.63) is 59.7 Å². The van der Waals surface area contributed by atoms with Gasteiger partial charge in [-0.3, -0.25) is 9.59 Å². The van der Waals surface area contributed by atoms with E-state index in [0.29, 0.717) is 0 Å². The second-order valence-electron chi connectivity index (χ2n) is 8.40. The first kappa shape index (κ1) is 24.1. The van der Waals surface area contributed by atoms with Crippen LogP contribution in [0.15, 0.2) is 48.5 Å². The van der Waals surface area contributed by atoms with Crippen molar-refractivity contribution in [2.75, 3.05) is 39.9 Å². The number of fused-ring (bicyclic) bond motifs is 3. The van der Waals surface area contributed by atoms with Gasteiger partial charge in [0.2, 0.25) is 5.91 Å². The van der Waals surface area contributed by atoms with Gasteiger partial charge in [0.05, 0.1) is 13.5 Å². The Hall–Kier alpha value is -4.08. The molecule has 184 valence electrons. The number of carboxylic acid groups (broad SMARTS) is 1. The van der Waals surface area contributed by atoms with Crippen molar-refractivity contribution >= 4 is 24.1 Å². The number of hydrogen-bond donors (Lipinski definition) is 2. The molecule has 0 saturated carbocycles. The third-order valence-electron chi connectivity index (χ3n) is 6.34. The van der Waals surface area contributed by atoms with E-state index in [1.807, 2.05) is 48.5 Å². The van der Waals surface area contributed by atoms with Gasteiger partial charge < -0.3 is 29.7 Å². The highest BCUT2D eigenvalue weighted by atomic mass is 16.6. The second kappa shape index (κ2) is 10.5. The molecule has 2 aromatic rings. The minimum atomic E-state index is -1.28. The molecule has 3 amide bonds. The molecule has 2 aliphatic rings. The fourth-order valence-corrected chi connectivity index (χ4v) is 4.62. The molecule has 35 heavy (non-hydrogen) atoms. The Morgan fingerprint density at radius 3 is 2.03 bits per heavy atom. The summed E-state index contributed by atoms with van der Waals surface area (Å²) >= 11 is 0. The summed E-state index contributed by atoms with van der Waals surface area (Å²) in [6, 6.07) is 14.5. The van der Waals surface area contributed by atoms with Gasteiger partial charge in [-0.2, -0.15) is 0 Å². The minimum Gasteiger partial charge on any atom is -0.481 e. The molecule has 1 saturated heterocycles. The first-order valence-corrected chi connectivity index (χ1v) is 11.3. The number of carboxylic acids is 1. The van der Waals surface area contributed by atoms with Crippen LogP contribution in [0.4, 0.5) is 9.59 Å². The van der Waals surface area contributed by atoms with Crippen LogP contribution in [0.25, 0.3) is 11.1 Å². The third-order valence-corrected chi connectivity index (χ3v) is 6.34. The number of piperazine rings is 1. The molecule has 1 unspecified atom stereocenters. The molecule has 10 heteroatoms. The number of benzene rings is 2. The fraction of sp³-hybridized carbons (Fsp3) is 0.360. The van der Waals surface area contributed by atoms with Crippen molar-refractivity contribution in [2.45, 2.75) is 18.4 Å². The predicted molar refractivity (Wildman–Crippen MR) is 125 cm³/mol. The molecule has 1 aliphatic carbocycles. The lowest BCUT2D eigenvalue weighted by atomic mass is 9.98. The van der Waals surface area contributed by atoms with Gasteiger partial charge in [-0.15, -0.1) is 0 Å². The highest BCUT2D eigenvalue weighted by Gasteiger charge is 2.33. The molecule has 4 rings (SSSR count). The number of ether oxygens (including phenoxy) is 2. The summed E-state index contributed by atoms with van der Waals surface area (Å²) in [4.78, 5) is 51.5. The van der Waals surface area contributed by atoms with E-state index in [2.05, 4.69) is 10.1 Å². The van der Waals surface area contributed by atoms with E-state index < -0.39 is 36.5 Å². The van der Waals surface area contributed by atoms with Gasteiger partial charge in [-0.05, 0) is 22.3 Å². The van der Waals surface area contributed by atoms with E-state index in [4.69, 9.17) is 4.74 Å². The van der Waals surface area contributed by atoms with Crippen molar-refractivity contribution < 1.29 is 33.8 Å².